The zero-order valence-electron chi connectivity index (χ0n) is 11.5. The van der Waals surface area contributed by atoms with Crippen LogP contribution in [0.25, 0.3) is 11.0 Å². The highest BCUT2D eigenvalue weighted by atomic mass is 16.5. The first-order chi connectivity index (χ1) is 8.96. The maximum atomic E-state index is 11.5. The fourth-order valence-corrected chi connectivity index (χ4v) is 1.80. The Hall–Kier alpha value is -2.04. The average Bonchev–Trinajstić information content (AvgIpc) is 2.70. The molecule has 2 rings (SSSR count). The third kappa shape index (κ3) is 3.71. The summed E-state index contributed by atoms with van der Waals surface area (Å²) in [7, 11) is 0. The summed E-state index contributed by atoms with van der Waals surface area (Å²) in [5.41, 5.74) is 2.71. The molecular formula is C14H19N3O2. The van der Waals surface area contributed by atoms with Gasteiger partial charge in [-0.1, -0.05) is 0 Å². The number of rotatable bonds is 3. The molecule has 0 saturated carbocycles. The fourth-order valence-electron chi connectivity index (χ4n) is 1.80. The van der Waals surface area contributed by atoms with E-state index in [4.69, 9.17) is 4.74 Å². The largest absolute Gasteiger partial charge is 0.449 e. The van der Waals surface area contributed by atoms with Crippen molar-refractivity contribution in [1.82, 2.24) is 15.3 Å². The lowest BCUT2D eigenvalue weighted by molar-refractivity contribution is 0.139. The third-order valence-electron chi connectivity index (χ3n) is 2.60. The van der Waals surface area contributed by atoms with Gasteiger partial charge >= 0.3 is 6.09 Å². The number of amides is 1. The Bertz CT molecular complexity index is 569. The minimum Gasteiger partial charge on any atom is -0.449 e. The van der Waals surface area contributed by atoms with E-state index in [0.717, 1.165) is 16.6 Å². The number of pyridine rings is 1. The van der Waals surface area contributed by atoms with E-state index in [0.29, 0.717) is 13.0 Å². The summed E-state index contributed by atoms with van der Waals surface area (Å²) in [6, 6.07) is 3.86. The first-order valence-electron chi connectivity index (χ1n) is 6.31. The zero-order valence-corrected chi connectivity index (χ0v) is 11.5. The molecule has 0 fully saturated rings. The van der Waals surface area contributed by atoms with Crippen LogP contribution in [0.3, 0.4) is 0 Å². The predicted molar refractivity (Wildman–Crippen MR) is 74.0 cm³/mol. The van der Waals surface area contributed by atoms with Gasteiger partial charge in [-0.25, -0.2) is 4.79 Å². The quantitative estimate of drug-likeness (QED) is 0.892. The normalized spacial score (nSPS) is 11.5. The highest BCUT2D eigenvalue weighted by Crippen LogP contribution is 2.15. The standard InChI is InChI=1S/C14H19N3O2/c1-14(2,3)17-13(18)19-8-6-10-9-16-11-5-4-7-15-12(10)11/h4-5,7,9,16H,6,8H2,1-3H3,(H,17,18). The van der Waals surface area contributed by atoms with Gasteiger partial charge in [-0.05, 0) is 38.5 Å². The SMILES string of the molecule is CC(C)(C)NC(=O)OCCc1c[nH]c2cccnc12. The van der Waals surface area contributed by atoms with E-state index in [-0.39, 0.29) is 11.6 Å². The van der Waals surface area contributed by atoms with Crippen molar-refractivity contribution in [3.63, 3.8) is 0 Å². The Kier molecular flexibility index (Phi) is 3.74. The minimum atomic E-state index is -0.389. The summed E-state index contributed by atoms with van der Waals surface area (Å²) in [5, 5.41) is 2.75. The van der Waals surface area contributed by atoms with E-state index in [2.05, 4.69) is 15.3 Å². The van der Waals surface area contributed by atoms with E-state index in [1.165, 1.54) is 0 Å². The second-order valence-electron chi connectivity index (χ2n) is 5.47. The van der Waals surface area contributed by atoms with Crippen LogP contribution in [0.4, 0.5) is 4.79 Å². The summed E-state index contributed by atoms with van der Waals surface area (Å²) < 4.78 is 5.15. The van der Waals surface area contributed by atoms with E-state index in [1.807, 2.05) is 39.1 Å². The minimum absolute atomic E-state index is 0.278. The lowest BCUT2D eigenvalue weighted by Crippen LogP contribution is -2.41. The van der Waals surface area contributed by atoms with Gasteiger partial charge in [0, 0.05) is 24.4 Å². The molecule has 0 spiro atoms. The molecule has 5 heteroatoms. The second-order valence-corrected chi connectivity index (χ2v) is 5.47. The molecule has 5 nitrogen and oxygen atoms in total. The van der Waals surface area contributed by atoms with Crippen molar-refractivity contribution in [3.05, 3.63) is 30.1 Å². The van der Waals surface area contributed by atoms with Crippen LogP contribution in [0.2, 0.25) is 0 Å². The van der Waals surface area contributed by atoms with Crippen LogP contribution in [0.5, 0.6) is 0 Å². The Morgan fingerprint density at radius 1 is 1.47 bits per heavy atom. The first-order valence-corrected chi connectivity index (χ1v) is 6.31. The molecule has 0 bridgehead atoms. The van der Waals surface area contributed by atoms with Gasteiger partial charge < -0.3 is 15.0 Å². The molecule has 0 atom stereocenters. The van der Waals surface area contributed by atoms with Gasteiger partial charge in [0.25, 0.3) is 0 Å². The predicted octanol–water partition coefficient (Wildman–Crippen LogP) is 2.63. The van der Waals surface area contributed by atoms with Gasteiger partial charge in [-0.3, -0.25) is 4.98 Å². The average molecular weight is 261 g/mol. The molecule has 2 N–H and O–H groups in total. The lowest BCUT2D eigenvalue weighted by atomic mass is 10.1. The summed E-state index contributed by atoms with van der Waals surface area (Å²) in [6.07, 6.45) is 3.92. The molecule has 2 heterocycles. The van der Waals surface area contributed by atoms with Gasteiger partial charge in [0.1, 0.15) is 0 Å². The van der Waals surface area contributed by atoms with Crippen LogP contribution in [-0.2, 0) is 11.2 Å². The highest BCUT2D eigenvalue weighted by Gasteiger charge is 2.14. The molecule has 2 aromatic rings. The van der Waals surface area contributed by atoms with Crippen molar-refractivity contribution in [3.8, 4) is 0 Å². The summed E-state index contributed by atoms with van der Waals surface area (Å²) >= 11 is 0. The van der Waals surface area contributed by atoms with E-state index in [9.17, 15) is 4.79 Å². The molecule has 0 aliphatic carbocycles. The van der Waals surface area contributed by atoms with Crippen molar-refractivity contribution >= 4 is 17.1 Å². The number of nitrogens with zero attached hydrogens (tertiary/aromatic N) is 1. The monoisotopic (exact) mass is 261 g/mol. The number of hydrogen-bond donors (Lipinski definition) is 2. The van der Waals surface area contributed by atoms with Crippen LogP contribution in [0.1, 0.15) is 26.3 Å². The number of aromatic nitrogens is 2. The molecular weight excluding hydrogens is 242 g/mol. The van der Waals surface area contributed by atoms with Crippen molar-refractivity contribution in [1.29, 1.82) is 0 Å². The van der Waals surface area contributed by atoms with Gasteiger partial charge in [-0.2, -0.15) is 0 Å². The zero-order chi connectivity index (χ0) is 13.9. The topological polar surface area (TPSA) is 67.0 Å². The molecule has 2 aromatic heterocycles. The van der Waals surface area contributed by atoms with E-state index >= 15 is 0 Å². The first kappa shape index (κ1) is 13.4. The number of hydrogen-bond acceptors (Lipinski definition) is 3. The van der Waals surface area contributed by atoms with Crippen LogP contribution in [0.15, 0.2) is 24.5 Å². The maximum absolute atomic E-state index is 11.5. The van der Waals surface area contributed by atoms with Crippen molar-refractivity contribution in [2.45, 2.75) is 32.7 Å². The molecule has 1 amide bonds. The second kappa shape index (κ2) is 5.30. The highest BCUT2D eigenvalue weighted by molar-refractivity contribution is 5.78. The summed E-state index contributed by atoms with van der Waals surface area (Å²) in [6.45, 7) is 6.08. The van der Waals surface area contributed by atoms with Crippen LogP contribution in [-0.4, -0.2) is 28.2 Å². The van der Waals surface area contributed by atoms with Crippen LogP contribution in [0, 0.1) is 0 Å². The number of alkyl carbamates (subject to hydrolysis) is 1. The Labute approximate surface area is 112 Å². The molecule has 0 aliphatic rings. The number of carbonyl (C=O) groups is 1. The van der Waals surface area contributed by atoms with Gasteiger partial charge in [0.2, 0.25) is 0 Å². The van der Waals surface area contributed by atoms with Gasteiger partial charge in [0.15, 0.2) is 0 Å². The van der Waals surface area contributed by atoms with Crippen molar-refractivity contribution in [2.75, 3.05) is 6.61 Å². The van der Waals surface area contributed by atoms with E-state index < -0.39 is 0 Å². The Morgan fingerprint density at radius 2 is 2.26 bits per heavy atom. The summed E-state index contributed by atoms with van der Waals surface area (Å²) in [5.74, 6) is 0. The number of carbonyl (C=O) groups excluding carboxylic acids is 1. The number of aromatic amines is 1. The Balaban J connectivity index is 1.88. The van der Waals surface area contributed by atoms with Gasteiger partial charge in [0.05, 0.1) is 17.6 Å². The third-order valence-corrected chi connectivity index (χ3v) is 2.60. The van der Waals surface area contributed by atoms with Crippen molar-refractivity contribution < 1.29 is 9.53 Å². The molecule has 0 saturated heterocycles. The maximum Gasteiger partial charge on any atom is 0.407 e. The van der Waals surface area contributed by atoms with Crippen LogP contribution < -0.4 is 5.32 Å². The Morgan fingerprint density at radius 3 is 3.00 bits per heavy atom. The number of ether oxygens (including phenoxy) is 1. The van der Waals surface area contributed by atoms with Crippen molar-refractivity contribution in [2.24, 2.45) is 0 Å². The molecule has 0 radical (unpaired) electrons. The van der Waals surface area contributed by atoms with Gasteiger partial charge in [-0.15, -0.1) is 0 Å². The molecule has 0 unspecified atom stereocenters. The summed E-state index contributed by atoms with van der Waals surface area (Å²) in [4.78, 5) is 19.0. The molecule has 19 heavy (non-hydrogen) atoms. The number of H-pyrrole nitrogens is 1. The van der Waals surface area contributed by atoms with E-state index in [1.54, 1.807) is 6.20 Å². The molecule has 0 aromatic carbocycles. The lowest BCUT2D eigenvalue weighted by Gasteiger charge is -2.19. The smallest absolute Gasteiger partial charge is 0.407 e. The number of fused-ring (bicyclic) bond motifs is 1. The fraction of sp³-hybridized carbons (Fsp3) is 0.429. The number of nitrogens with one attached hydrogen (secondary N) is 2. The van der Waals surface area contributed by atoms with Crippen LogP contribution >= 0.6 is 0 Å². The molecule has 0 aliphatic heterocycles. The molecule has 102 valence electrons.